The molecular formula is C12H11ClN4O3S. The zero-order valence-corrected chi connectivity index (χ0v) is 12.4. The van der Waals surface area contributed by atoms with Gasteiger partial charge in [-0.3, -0.25) is 14.9 Å². The highest BCUT2D eigenvalue weighted by molar-refractivity contribution is 7.09. The van der Waals surface area contributed by atoms with Gasteiger partial charge in [-0.2, -0.15) is 0 Å². The van der Waals surface area contributed by atoms with E-state index >= 15 is 0 Å². The van der Waals surface area contributed by atoms with Crippen molar-refractivity contribution in [3.05, 3.63) is 49.4 Å². The van der Waals surface area contributed by atoms with Crippen molar-refractivity contribution in [2.75, 3.05) is 5.73 Å². The number of nitrogens with two attached hydrogens (primary N) is 1. The summed E-state index contributed by atoms with van der Waals surface area (Å²) in [6, 6.07) is 2.09. The van der Waals surface area contributed by atoms with Crippen molar-refractivity contribution in [3.8, 4) is 0 Å². The van der Waals surface area contributed by atoms with E-state index in [0.717, 1.165) is 11.1 Å². The average Bonchev–Trinajstić information content (AvgIpc) is 2.95. The predicted molar refractivity (Wildman–Crippen MR) is 80.5 cm³/mol. The van der Waals surface area contributed by atoms with Gasteiger partial charge >= 0.3 is 0 Å². The van der Waals surface area contributed by atoms with E-state index in [9.17, 15) is 14.9 Å². The number of nitrogen functional groups attached to an aromatic ring is 1. The van der Waals surface area contributed by atoms with Crippen LogP contribution in [0.4, 0.5) is 11.4 Å². The third-order valence-electron chi connectivity index (χ3n) is 2.74. The molecular weight excluding hydrogens is 316 g/mol. The molecule has 21 heavy (non-hydrogen) atoms. The Morgan fingerprint density at radius 3 is 2.86 bits per heavy atom. The van der Waals surface area contributed by atoms with Crippen LogP contribution in [0.15, 0.2) is 23.7 Å². The Hall–Kier alpha value is -2.19. The Morgan fingerprint density at radius 2 is 2.29 bits per heavy atom. The normalized spacial score (nSPS) is 11.9. The van der Waals surface area contributed by atoms with Gasteiger partial charge in [-0.15, -0.1) is 11.3 Å². The molecule has 1 heterocycles. The summed E-state index contributed by atoms with van der Waals surface area (Å²) in [6.45, 7) is 1.77. The Labute approximate surface area is 128 Å². The van der Waals surface area contributed by atoms with Crippen molar-refractivity contribution in [2.45, 2.75) is 13.0 Å². The number of benzene rings is 1. The summed E-state index contributed by atoms with van der Waals surface area (Å²) in [5.41, 5.74) is 5.04. The van der Waals surface area contributed by atoms with Crippen LogP contribution in [0.1, 0.15) is 28.3 Å². The zero-order valence-electron chi connectivity index (χ0n) is 10.9. The molecule has 110 valence electrons. The highest BCUT2D eigenvalue weighted by Crippen LogP contribution is 2.31. The lowest BCUT2D eigenvalue weighted by molar-refractivity contribution is -0.383. The maximum Gasteiger partial charge on any atom is 0.294 e. The molecule has 0 fully saturated rings. The lowest BCUT2D eigenvalue weighted by Crippen LogP contribution is -2.26. The van der Waals surface area contributed by atoms with Gasteiger partial charge in [0, 0.05) is 23.2 Å². The fraction of sp³-hybridized carbons (Fsp3) is 0.167. The van der Waals surface area contributed by atoms with Crippen molar-refractivity contribution in [1.82, 2.24) is 10.3 Å². The van der Waals surface area contributed by atoms with Crippen LogP contribution < -0.4 is 11.1 Å². The molecule has 0 saturated carbocycles. The van der Waals surface area contributed by atoms with Gasteiger partial charge in [0.15, 0.2) is 0 Å². The number of aromatic nitrogens is 1. The number of amides is 1. The van der Waals surface area contributed by atoms with Crippen LogP contribution in [0.2, 0.25) is 5.02 Å². The number of nitro benzene ring substituents is 1. The van der Waals surface area contributed by atoms with Crippen LogP contribution in [0, 0.1) is 10.1 Å². The lowest BCUT2D eigenvalue weighted by Gasteiger charge is -2.12. The molecule has 2 aromatic rings. The number of anilines is 1. The van der Waals surface area contributed by atoms with Gasteiger partial charge in [0.05, 0.1) is 16.0 Å². The van der Waals surface area contributed by atoms with E-state index < -0.39 is 16.5 Å². The van der Waals surface area contributed by atoms with Crippen LogP contribution in [0.25, 0.3) is 0 Å². The van der Waals surface area contributed by atoms with Gasteiger partial charge in [0.2, 0.25) is 0 Å². The van der Waals surface area contributed by atoms with Crippen molar-refractivity contribution < 1.29 is 9.72 Å². The van der Waals surface area contributed by atoms with Crippen LogP contribution in [0.5, 0.6) is 0 Å². The molecule has 1 aromatic heterocycles. The van der Waals surface area contributed by atoms with E-state index in [-0.39, 0.29) is 22.3 Å². The first-order chi connectivity index (χ1) is 9.90. The summed E-state index contributed by atoms with van der Waals surface area (Å²) in [5, 5.41) is 16.1. The van der Waals surface area contributed by atoms with Gasteiger partial charge in [-0.25, -0.2) is 4.98 Å². The van der Waals surface area contributed by atoms with E-state index in [4.69, 9.17) is 17.3 Å². The van der Waals surface area contributed by atoms with E-state index in [1.165, 1.54) is 17.4 Å². The number of hydrogen-bond donors (Lipinski definition) is 2. The molecule has 1 amide bonds. The minimum atomic E-state index is -0.678. The third kappa shape index (κ3) is 3.29. The molecule has 7 nitrogen and oxygen atoms in total. The average molecular weight is 327 g/mol. The van der Waals surface area contributed by atoms with Crippen LogP contribution in [0.3, 0.4) is 0 Å². The minimum absolute atomic E-state index is 0.0312. The number of hydrogen-bond acceptors (Lipinski definition) is 6. The molecule has 1 atom stereocenters. The van der Waals surface area contributed by atoms with Crippen molar-refractivity contribution in [2.24, 2.45) is 0 Å². The van der Waals surface area contributed by atoms with Gasteiger partial charge in [-0.05, 0) is 13.0 Å². The Balaban J connectivity index is 2.25. The number of nitrogens with one attached hydrogen (secondary N) is 1. The van der Waals surface area contributed by atoms with E-state index in [2.05, 4.69) is 10.3 Å². The summed E-state index contributed by atoms with van der Waals surface area (Å²) in [4.78, 5) is 26.4. The van der Waals surface area contributed by atoms with Gasteiger partial charge in [-0.1, -0.05) is 11.6 Å². The molecule has 0 spiro atoms. The quantitative estimate of drug-likeness (QED) is 0.509. The first-order valence-corrected chi connectivity index (χ1v) is 7.09. The smallest absolute Gasteiger partial charge is 0.294 e. The van der Waals surface area contributed by atoms with Crippen molar-refractivity contribution in [1.29, 1.82) is 0 Å². The number of carbonyl (C=O) groups is 1. The Kier molecular flexibility index (Phi) is 4.39. The second-order valence-corrected chi connectivity index (χ2v) is 5.55. The fourth-order valence-corrected chi connectivity index (χ4v) is 2.54. The molecule has 9 heteroatoms. The highest BCUT2D eigenvalue weighted by Gasteiger charge is 2.20. The van der Waals surface area contributed by atoms with Gasteiger partial charge < -0.3 is 11.1 Å². The molecule has 2 rings (SSSR count). The monoisotopic (exact) mass is 326 g/mol. The third-order valence-corrected chi connectivity index (χ3v) is 4.01. The molecule has 0 saturated heterocycles. The SMILES string of the molecule is CC(NC(=O)c1cc(Cl)c(N)c([N+](=O)[O-])c1)c1nccs1. The highest BCUT2D eigenvalue weighted by atomic mass is 35.5. The summed E-state index contributed by atoms with van der Waals surface area (Å²) >= 11 is 7.23. The number of nitrogens with zero attached hydrogens (tertiary/aromatic N) is 2. The molecule has 3 N–H and O–H groups in total. The number of nitro groups is 1. The molecule has 0 bridgehead atoms. The van der Waals surface area contributed by atoms with Crippen LogP contribution >= 0.6 is 22.9 Å². The van der Waals surface area contributed by atoms with Gasteiger partial charge in [0.1, 0.15) is 10.7 Å². The Bertz CT molecular complexity index is 690. The second-order valence-electron chi connectivity index (χ2n) is 4.21. The van der Waals surface area contributed by atoms with E-state index in [1.54, 1.807) is 18.5 Å². The van der Waals surface area contributed by atoms with Gasteiger partial charge in [0.25, 0.3) is 11.6 Å². The largest absolute Gasteiger partial charge is 0.392 e. The Morgan fingerprint density at radius 1 is 1.57 bits per heavy atom. The number of carbonyl (C=O) groups excluding carboxylic acids is 1. The zero-order chi connectivity index (χ0) is 15.6. The fourth-order valence-electron chi connectivity index (χ4n) is 1.68. The van der Waals surface area contributed by atoms with E-state index in [0.29, 0.717) is 0 Å². The first kappa shape index (κ1) is 15.2. The molecule has 0 aliphatic heterocycles. The standard InChI is InChI=1S/C12H11ClN4O3S/c1-6(12-15-2-3-21-12)16-11(18)7-4-8(13)10(14)9(5-7)17(19)20/h2-6H,14H2,1H3,(H,16,18). The maximum atomic E-state index is 12.1. The van der Waals surface area contributed by atoms with Crippen LogP contribution in [-0.2, 0) is 0 Å². The topological polar surface area (TPSA) is 111 Å². The molecule has 1 unspecified atom stereocenters. The lowest BCUT2D eigenvalue weighted by atomic mass is 10.1. The number of halogens is 1. The summed E-state index contributed by atoms with van der Waals surface area (Å²) in [5.74, 6) is -0.484. The molecule has 1 aromatic carbocycles. The molecule has 0 aliphatic rings. The second kappa shape index (κ2) is 6.06. The molecule has 0 radical (unpaired) electrons. The molecule has 0 aliphatic carbocycles. The maximum absolute atomic E-state index is 12.1. The summed E-state index contributed by atoms with van der Waals surface area (Å²) in [7, 11) is 0. The number of thiazole rings is 1. The minimum Gasteiger partial charge on any atom is -0.392 e. The summed E-state index contributed by atoms with van der Waals surface area (Å²) < 4.78 is 0. The van der Waals surface area contributed by atoms with Crippen molar-refractivity contribution >= 4 is 40.2 Å². The summed E-state index contributed by atoms with van der Waals surface area (Å²) in [6.07, 6.45) is 1.63. The predicted octanol–water partition coefficient (Wildman–Crippen LogP) is 2.78. The van der Waals surface area contributed by atoms with Crippen LogP contribution in [-0.4, -0.2) is 15.8 Å². The first-order valence-electron chi connectivity index (χ1n) is 5.83. The number of rotatable bonds is 4. The van der Waals surface area contributed by atoms with Crippen molar-refractivity contribution in [3.63, 3.8) is 0 Å². The van der Waals surface area contributed by atoms with E-state index in [1.807, 2.05) is 0 Å².